The van der Waals surface area contributed by atoms with E-state index < -0.39 is 5.97 Å². The fraction of sp³-hybridized carbons (Fsp3) is 0.125. The van der Waals surface area contributed by atoms with Crippen LogP contribution in [-0.2, 0) is 4.74 Å². The summed E-state index contributed by atoms with van der Waals surface area (Å²) in [5, 5.41) is 3.45. The molecule has 0 saturated heterocycles. The molecule has 8 heteroatoms. The quantitative estimate of drug-likeness (QED) is 0.345. The summed E-state index contributed by atoms with van der Waals surface area (Å²) in [4.78, 5) is 22.9. The van der Waals surface area contributed by atoms with Crippen LogP contribution in [0.5, 0.6) is 0 Å². The van der Waals surface area contributed by atoms with Crippen molar-refractivity contribution in [3.05, 3.63) is 27.7 Å². The molecule has 0 aromatic carbocycles. The maximum Gasteiger partial charge on any atom is 0.348 e. The third-order valence-corrected chi connectivity index (χ3v) is 2.87. The number of nitrogens with zero attached hydrogens (tertiary/aromatic N) is 5. The summed E-state index contributed by atoms with van der Waals surface area (Å²) in [5.74, 6) is -0.563. The molecule has 0 N–H and O–H groups in total. The van der Waals surface area contributed by atoms with Crippen molar-refractivity contribution in [2.45, 2.75) is 0 Å². The minimum atomic E-state index is -0.563. The number of hydrogen-bond donors (Lipinski definition) is 0. The van der Waals surface area contributed by atoms with Gasteiger partial charge in [-0.2, -0.15) is 0 Å². The van der Waals surface area contributed by atoms with E-state index in [0.717, 1.165) is 11.3 Å². The van der Waals surface area contributed by atoms with E-state index in [0.29, 0.717) is 10.3 Å². The smallest absolute Gasteiger partial charge is 0.348 e. The Morgan fingerprint density at radius 1 is 1.56 bits per heavy atom. The molecule has 2 heterocycles. The van der Waals surface area contributed by atoms with E-state index in [1.54, 1.807) is 0 Å². The Kier molecular flexibility index (Phi) is 2.67. The van der Waals surface area contributed by atoms with Crippen LogP contribution in [-0.4, -0.2) is 23.0 Å². The van der Waals surface area contributed by atoms with Gasteiger partial charge >= 0.3 is 5.97 Å². The van der Waals surface area contributed by atoms with Crippen molar-refractivity contribution in [3.63, 3.8) is 0 Å². The maximum absolute atomic E-state index is 11.4. The second-order valence-corrected chi connectivity index (χ2v) is 3.67. The van der Waals surface area contributed by atoms with E-state index >= 15 is 0 Å². The SMILES string of the molecule is COC(=O)c1sc2nccnc2c1N=[N+]=[N-]. The molecular weight excluding hydrogens is 230 g/mol. The number of aromatic nitrogens is 2. The first kappa shape index (κ1) is 10.3. The number of rotatable bonds is 2. The van der Waals surface area contributed by atoms with E-state index in [-0.39, 0.29) is 10.6 Å². The van der Waals surface area contributed by atoms with Crippen LogP contribution in [0.15, 0.2) is 17.5 Å². The van der Waals surface area contributed by atoms with Crippen molar-refractivity contribution in [1.82, 2.24) is 9.97 Å². The van der Waals surface area contributed by atoms with Gasteiger partial charge in [0.25, 0.3) is 0 Å². The summed E-state index contributed by atoms with van der Waals surface area (Å²) in [7, 11) is 1.26. The second kappa shape index (κ2) is 4.13. The van der Waals surface area contributed by atoms with Crippen LogP contribution in [0.3, 0.4) is 0 Å². The third kappa shape index (κ3) is 1.56. The summed E-state index contributed by atoms with van der Waals surface area (Å²) < 4.78 is 4.59. The molecule has 2 rings (SSSR count). The predicted molar refractivity (Wildman–Crippen MR) is 57.6 cm³/mol. The average Bonchev–Trinajstić information content (AvgIpc) is 2.68. The molecule has 0 unspecified atom stereocenters. The zero-order valence-electron chi connectivity index (χ0n) is 8.12. The first-order chi connectivity index (χ1) is 7.77. The fourth-order valence-electron chi connectivity index (χ4n) is 1.18. The highest BCUT2D eigenvalue weighted by molar-refractivity contribution is 7.21. The van der Waals surface area contributed by atoms with Crippen molar-refractivity contribution >= 4 is 33.3 Å². The number of azide groups is 1. The van der Waals surface area contributed by atoms with E-state index in [4.69, 9.17) is 5.53 Å². The molecule has 0 bridgehead atoms. The van der Waals surface area contributed by atoms with Crippen molar-refractivity contribution in [2.75, 3.05) is 7.11 Å². The highest BCUT2D eigenvalue weighted by atomic mass is 32.1. The first-order valence-electron chi connectivity index (χ1n) is 4.15. The number of esters is 1. The number of ether oxygens (including phenoxy) is 1. The number of hydrogen-bond acceptors (Lipinski definition) is 6. The monoisotopic (exact) mass is 235 g/mol. The van der Waals surface area contributed by atoms with Crippen molar-refractivity contribution < 1.29 is 9.53 Å². The van der Waals surface area contributed by atoms with Gasteiger partial charge in [-0.05, 0) is 5.53 Å². The van der Waals surface area contributed by atoms with Crippen LogP contribution in [0.25, 0.3) is 20.8 Å². The Bertz CT molecular complexity index is 601. The van der Waals surface area contributed by atoms with Crippen LogP contribution in [0.2, 0.25) is 0 Å². The molecule has 0 aliphatic carbocycles. The van der Waals surface area contributed by atoms with Crippen LogP contribution >= 0.6 is 11.3 Å². The first-order valence-corrected chi connectivity index (χ1v) is 4.96. The van der Waals surface area contributed by atoms with E-state index in [1.807, 2.05) is 0 Å². The highest BCUT2D eigenvalue weighted by Crippen LogP contribution is 2.35. The highest BCUT2D eigenvalue weighted by Gasteiger charge is 2.19. The van der Waals surface area contributed by atoms with E-state index in [9.17, 15) is 4.79 Å². The van der Waals surface area contributed by atoms with Gasteiger partial charge in [0, 0.05) is 17.3 Å². The Morgan fingerprint density at radius 3 is 3.00 bits per heavy atom. The molecule has 0 atom stereocenters. The number of methoxy groups -OCH3 is 1. The molecule has 0 aliphatic rings. The number of fused-ring (bicyclic) bond motifs is 1. The third-order valence-electron chi connectivity index (χ3n) is 1.82. The van der Waals surface area contributed by atoms with Crippen LogP contribution in [0.4, 0.5) is 5.69 Å². The predicted octanol–water partition coefficient (Wildman–Crippen LogP) is 2.42. The summed E-state index contributed by atoms with van der Waals surface area (Å²) in [5.41, 5.74) is 9.02. The summed E-state index contributed by atoms with van der Waals surface area (Å²) in [6.45, 7) is 0. The molecule has 0 radical (unpaired) electrons. The summed E-state index contributed by atoms with van der Waals surface area (Å²) in [6, 6.07) is 0. The van der Waals surface area contributed by atoms with Gasteiger partial charge in [-0.1, -0.05) is 5.11 Å². The average molecular weight is 235 g/mol. The lowest BCUT2D eigenvalue weighted by Crippen LogP contribution is -1.97. The zero-order chi connectivity index (χ0) is 11.5. The standard InChI is InChI=1S/C8H5N5O2S/c1-15-8(14)6-4(12-13-9)5-7(16-6)11-3-2-10-5/h2-3H,1H3. The zero-order valence-corrected chi connectivity index (χ0v) is 8.93. The van der Waals surface area contributed by atoms with Gasteiger partial charge in [0.15, 0.2) is 0 Å². The molecule has 0 aliphatic heterocycles. The number of thiophene rings is 1. The van der Waals surface area contributed by atoms with Gasteiger partial charge < -0.3 is 4.74 Å². The Morgan fingerprint density at radius 2 is 2.31 bits per heavy atom. The summed E-state index contributed by atoms with van der Waals surface area (Å²) in [6.07, 6.45) is 2.96. The largest absolute Gasteiger partial charge is 0.465 e. The molecular formula is C8H5N5O2S. The molecule has 16 heavy (non-hydrogen) atoms. The van der Waals surface area contributed by atoms with Gasteiger partial charge in [0.2, 0.25) is 0 Å². The maximum atomic E-state index is 11.4. The lowest BCUT2D eigenvalue weighted by atomic mass is 10.3. The lowest BCUT2D eigenvalue weighted by molar-refractivity contribution is 0.0607. The topological polar surface area (TPSA) is 101 Å². The molecule has 0 fully saturated rings. The Hall–Kier alpha value is -2.18. The molecule has 0 saturated carbocycles. The normalized spacial score (nSPS) is 9.81. The van der Waals surface area contributed by atoms with Crippen molar-refractivity contribution in [3.8, 4) is 0 Å². The van der Waals surface area contributed by atoms with Crippen molar-refractivity contribution in [1.29, 1.82) is 0 Å². The van der Waals surface area contributed by atoms with Gasteiger partial charge in [0.1, 0.15) is 15.2 Å². The summed E-state index contributed by atoms with van der Waals surface area (Å²) >= 11 is 1.08. The van der Waals surface area contributed by atoms with Crippen LogP contribution in [0, 0.1) is 0 Å². The molecule has 7 nitrogen and oxygen atoms in total. The second-order valence-electron chi connectivity index (χ2n) is 2.67. The number of carbonyl (C=O) groups excluding carboxylic acids is 1. The van der Waals surface area contributed by atoms with Gasteiger partial charge in [-0.25, -0.2) is 9.78 Å². The van der Waals surface area contributed by atoms with E-state index in [1.165, 1.54) is 19.5 Å². The van der Waals surface area contributed by atoms with E-state index in [2.05, 4.69) is 24.7 Å². The van der Waals surface area contributed by atoms with Gasteiger partial charge in [0.05, 0.1) is 12.8 Å². The van der Waals surface area contributed by atoms with Crippen molar-refractivity contribution in [2.24, 2.45) is 5.11 Å². The molecule has 2 aromatic rings. The molecule has 0 amide bonds. The Balaban J connectivity index is 2.77. The number of carbonyl (C=O) groups is 1. The lowest BCUT2D eigenvalue weighted by Gasteiger charge is -1.94. The minimum absolute atomic E-state index is 0.169. The van der Waals surface area contributed by atoms with Crippen LogP contribution < -0.4 is 0 Å². The molecule has 80 valence electrons. The Labute approximate surface area is 93.3 Å². The molecule has 2 aromatic heterocycles. The van der Waals surface area contributed by atoms with Crippen LogP contribution in [0.1, 0.15) is 9.67 Å². The fourth-order valence-corrected chi connectivity index (χ4v) is 2.14. The van der Waals surface area contributed by atoms with Gasteiger partial charge in [-0.3, -0.25) is 4.98 Å². The molecule has 0 spiro atoms. The minimum Gasteiger partial charge on any atom is -0.465 e. The van der Waals surface area contributed by atoms with Gasteiger partial charge in [-0.15, -0.1) is 11.3 Å².